The molecule has 0 aliphatic heterocycles. The Morgan fingerprint density at radius 2 is 0.912 bits per heavy atom. The van der Waals surface area contributed by atoms with E-state index in [2.05, 4.69) is 205 Å². The zero-order valence-corrected chi connectivity index (χ0v) is 31.7. The van der Waals surface area contributed by atoms with E-state index in [1.807, 2.05) is 11.3 Å². The highest BCUT2D eigenvalue weighted by Crippen LogP contribution is 2.70. The zero-order chi connectivity index (χ0) is 37.2. The maximum absolute atomic E-state index is 2.50. The Morgan fingerprint density at radius 1 is 0.351 bits per heavy atom. The fourth-order valence-corrected chi connectivity index (χ4v) is 11.7. The molecular weight excluding hydrogens is 707 g/mol. The third-order valence-electron chi connectivity index (χ3n) is 12.8. The van der Waals surface area contributed by atoms with Crippen molar-refractivity contribution >= 4 is 48.6 Å². The van der Waals surface area contributed by atoms with E-state index in [1.54, 1.807) is 0 Å². The van der Waals surface area contributed by atoms with Crippen LogP contribution >= 0.6 is 11.3 Å². The van der Waals surface area contributed by atoms with Crippen LogP contribution in [-0.4, -0.2) is 0 Å². The van der Waals surface area contributed by atoms with Gasteiger partial charge in [0.05, 0.1) is 16.8 Å². The molecule has 0 saturated carbocycles. The lowest BCUT2D eigenvalue weighted by Gasteiger charge is -2.29. The van der Waals surface area contributed by atoms with Crippen molar-refractivity contribution in [3.8, 4) is 55.6 Å². The molecule has 3 aliphatic rings. The Morgan fingerprint density at radius 3 is 1.70 bits per heavy atom. The summed E-state index contributed by atoms with van der Waals surface area (Å²) in [4.78, 5) is 2.47. The van der Waals surface area contributed by atoms with Gasteiger partial charge in [0.2, 0.25) is 0 Å². The minimum atomic E-state index is -0.292. The van der Waals surface area contributed by atoms with Crippen molar-refractivity contribution in [3.63, 3.8) is 0 Å². The van der Waals surface area contributed by atoms with Gasteiger partial charge in [-0.25, -0.2) is 0 Å². The largest absolute Gasteiger partial charge is 0.309 e. The SMILES string of the molecule is c1ccc(-c2ccccc2N(c2ccc(-c3ccc4c(c3)C35c6ccccc6-c6cccc(c63)-c3cccc-4c35)cc2)c2cccc3sc4ccccc4c23)cc1. The Hall–Kier alpha value is -7.00. The van der Waals surface area contributed by atoms with Crippen molar-refractivity contribution < 1.29 is 0 Å². The molecular formula is C55H33NS. The molecule has 10 aromatic rings. The second-order valence-electron chi connectivity index (χ2n) is 15.5. The molecule has 1 atom stereocenters. The summed E-state index contributed by atoms with van der Waals surface area (Å²) >= 11 is 1.86. The summed E-state index contributed by atoms with van der Waals surface area (Å²) in [6, 6.07) is 74.6. The summed E-state index contributed by atoms with van der Waals surface area (Å²) in [7, 11) is 0. The number of hydrogen-bond acceptors (Lipinski definition) is 2. The van der Waals surface area contributed by atoms with E-state index in [4.69, 9.17) is 0 Å². The van der Waals surface area contributed by atoms with Crippen LogP contribution in [0.2, 0.25) is 0 Å². The van der Waals surface area contributed by atoms with E-state index in [-0.39, 0.29) is 5.41 Å². The van der Waals surface area contributed by atoms with Gasteiger partial charge in [-0.3, -0.25) is 0 Å². The molecule has 1 spiro atoms. The van der Waals surface area contributed by atoms with E-state index >= 15 is 0 Å². The lowest BCUT2D eigenvalue weighted by atomic mass is 9.73. The molecule has 0 fully saturated rings. The fourth-order valence-electron chi connectivity index (χ4n) is 10.6. The van der Waals surface area contributed by atoms with E-state index < -0.39 is 0 Å². The summed E-state index contributed by atoms with van der Waals surface area (Å²) in [6.07, 6.45) is 0. The van der Waals surface area contributed by atoms with Gasteiger partial charge in [0.25, 0.3) is 0 Å². The molecule has 13 rings (SSSR count). The topological polar surface area (TPSA) is 3.24 Å². The predicted molar refractivity (Wildman–Crippen MR) is 240 cm³/mol. The maximum atomic E-state index is 2.50. The molecule has 9 aromatic carbocycles. The van der Waals surface area contributed by atoms with Gasteiger partial charge in [0.15, 0.2) is 0 Å². The number of anilines is 3. The molecule has 1 nitrogen and oxygen atoms in total. The summed E-state index contributed by atoms with van der Waals surface area (Å²) in [5, 5.41) is 2.58. The molecule has 1 unspecified atom stereocenters. The van der Waals surface area contributed by atoms with Gasteiger partial charge in [0, 0.05) is 31.4 Å². The zero-order valence-electron chi connectivity index (χ0n) is 30.9. The van der Waals surface area contributed by atoms with E-state index in [9.17, 15) is 0 Å². The van der Waals surface area contributed by atoms with E-state index in [0.29, 0.717) is 0 Å². The summed E-state index contributed by atoms with van der Waals surface area (Å²) in [5.41, 5.74) is 22.0. The standard InChI is InChI=1S/C55H33NS/c1-2-13-35(14-3-1)38-15-5-8-23-48(38)56(49-24-12-26-51-52(49)45-17-6-9-25-50(45)57-51)37-30-27-34(28-31-37)36-29-32-40-42-19-11-21-44-43-20-10-18-41-39-16-4-7-22-46(39)55(53(41)43,54(42)44)47(40)33-36/h1-33H. The minimum Gasteiger partial charge on any atom is -0.309 e. The van der Waals surface area contributed by atoms with Crippen LogP contribution in [0.1, 0.15) is 22.3 Å². The normalized spacial score (nSPS) is 15.1. The van der Waals surface area contributed by atoms with Gasteiger partial charge in [0.1, 0.15) is 0 Å². The second kappa shape index (κ2) is 11.5. The molecule has 0 radical (unpaired) electrons. The van der Waals surface area contributed by atoms with Gasteiger partial charge in [-0.2, -0.15) is 0 Å². The first-order valence-corrected chi connectivity index (χ1v) is 20.6. The van der Waals surface area contributed by atoms with Crippen LogP contribution in [0.4, 0.5) is 17.1 Å². The van der Waals surface area contributed by atoms with Crippen LogP contribution in [0.15, 0.2) is 200 Å². The van der Waals surface area contributed by atoms with Crippen LogP contribution in [-0.2, 0) is 5.41 Å². The second-order valence-corrected chi connectivity index (χ2v) is 16.6. The van der Waals surface area contributed by atoms with E-state index in [0.717, 1.165) is 11.4 Å². The molecule has 264 valence electrons. The molecule has 0 bridgehead atoms. The maximum Gasteiger partial charge on any atom is 0.0737 e. The third kappa shape index (κ3) is 4.07. The molecule has 2 heteroatoms. The molecule has 0 saturated heterocycles. The van der Waals surface area contributed by atoms with Crippen LogP contribution in [0.3, 0.4) is 0 Å². The van der Waals surface area contributed by atoms with Gasteiger partial charge in [-0.15, -0.1) is 11.3 Å². The van der Waals surface area contributed by atoms with Crippen molar-refractivity contribution in [2.45, 2.75) is 5.41 Å². The molecule has 1 aromatic heterocycles. The third-order valence-corrected chi connectivity index (χ3v) is 14.0. The molecule has 1 heterocycles. The first kappa shape index (κ1) is 31.2. The number of para-hydroxylation sites is 1. The Labute approximate surface area is 335 Å². The Bertz CT molecular complexity index is 3260. The predicted octanol–water partition coefficient (Wildman–Crippen LogP) is 15.2. The van der Waals surface area contributed by atoms with Crippen LogP contribution in [0.5, 0.6) is 0 Å². The number of nitrogens with zero attached hydrogens (tertiary/aromatic N) is 1. The Kier molecular flexibility index (Phi) is 6.31. The molecule has 57 heavy (non-hydrogen) atoms. The van der Waals surface area contributed by atoms with Gasteiger partial charge in [-0.05, 0) is 115 Å². The number of hydrogen-bond donors (Lipinski definition) is 0. The van der Waals surface area contributed by atoms with Crippen molar-refractivity contribution in [3.05, 3.63) is 222 Å². The average Bonchev–Trinajstić information content (AvgIpc) is 3.99. The van der Waals surface area contributed by atoms with Crippen molar-refractivity contribution in [1.82, 2.24) is 0 Å². The van der Waals surface area contributed by atoms with Crippen molar-refractivity contribution in [2.75, 3.05) is 4.90 Å². The first-order chi connectivity index (χ1) is 28.3. The lowest BCUT2D eigenvalue weighted by molar-refractivity contribution is 0.818. The molecule has 0 amide bonds. The first-order valence-electron chi connectivity index (χ1n) is 19.8. The highest BCUT2D eigenvalue weighted by atomic mass is 32.1. The number of thiophene rings is 1. The Balaban J connectivity index is 0.997. The van der Waals surface area contributed by atoms with Crippen LogP contribution in [0, 0.1) is 0 Å². The average molecular weight is 740 g/mol. The van der Waals surface area contributed by atoms with E-state index in [1.165, 1.54) is 104 Å². The monoisotopic (exact) mass is 739 g/mol. The van der Waals surface area contributed by atoms with Gasteiger partial charge < -0.3 is 4.90 Å². The highest BCUT2D eigenvalue weighted by Gasteiger charge is 2.57. The smallest absolute Gasteiger partial charge is 0.0737 e. The van der Waals surface area contributed by atoms with Crippen molar-refractivity contribution in [2.24, 2.45) is 0 Å². The molecule has 3 aliphatic carbocycles. The minimum absolute atomic E-state index is 0.292. The summed E-state index contributed by atoms with van der Waals surface area (Å²) < 4.78 is 2.60. The highest BCUT2D eigenvalue weighted by molar-refractivity contribution is 7.26. The summed E-state index contributed by atoms with van der Waals surface area (Å²) in [5.74, 6) is 0. The number of fused-ring (bicyclic) bond motifs is 8. The van der Waals surface area contributed by atoms with Crippen LogP contribution in [0.25, 0.3) is 75.8 Å². The molecule has 0 N–H and O–H groups in total. The van der Waals surface area contributed by atoms with Crippen molar-refractivity contribution in [1.29, 1.82) is 0 Å². The number of benzene rings is 9. The van der Waals surface area contributed by atoms with Crippen LogP contribution < -0.4 is 4.90 Å². The van der Waals surface area contributed by atoms with Gasteiger partial charge in [-0.1, -0.05) is 158 Å². The number of rotatable bonds is 5. The lowest BCUT2D eigenvalue weighted by Crippen LogP contribution is -2.23. The quantitative estimate of drug-likeness (QED) is 0.170. The summed E-state index contributed by atoms with van der Waals surface area (Å²) in [6.45, 7) is 0. The fraction of sp³-hybridized carbons (Fsp3) is 0.0182. The van der Waals surface area contributed by atoms with Gasteiger partial charge >= 0.3 is 0 Å².